The Kier molecular flexibility index (Phi) is 4.06. The van der Waals surface area contributed by atoms with Crippen LogP contribution in [0, 0.1) is 6.92 Å². The van der Waals surface area contributed by atoms with Crippen molar-refractivity contribution in [2.75, 3.05) is 6.54 Å². The topological polar surface area (TPSA) is 63.2 Å². The smallest absolute Gasteiger partial charge is 0.315 e. The van der Waals surface area contributed by atoms with Crippen molar-refractivity contribution in [3.05, 3.63) is 45.9 Å². The van der Waals surface area contributed by atoms with Crippen molar-refractivity contribution in [2.45, 2.75) is 26.0 Å². The molecule has 5 nitrogen and oxygen atoms in total. The van der Waals surface area contributed by atoms with E-state index in [4.69, 9.17) is 4.74 Å². The normalized spacial score (nSPS) is 16.1. The molecular weight excluding hydrogens is 286 g/mol. The molecule has 0 bridgehead atoms. The van der Waals surface area contributed by atoms with Crippen LogP contribution in [0.3, 0.4) is 0 Å². The Balaban J connectivity index is 1.41. The molecule has 2 amide bonds. The van der Waals surface area contributed by atoms with Crippen molar-refractivity contribution in [3.63, 3.8) is 0 Å². The van der Waals surface area contributed by atoms with Gasteiger partial charge in [0, 0.05) is 11.8 Å². The van der Waals surface area contributed by atoms with Gasteiger partial charge in [0.15, 0.2) is 0 Å². The lowest BCUT2D eigenvalue weighted by atomic mass is 10.1. The van der Waals surface area contributed by atoms with Crippen LogP contribution >= 0.6 is 11.3 Å². The zero-order valence-corrected chi connectivity index (χ0v) is 12.6. The van der Waals surface area contributed by atoms with Gasteiger partial charge in [-0.3, -0.25) is 0 Å². The highest BCUT2D eigenvalue weighted by Crippen LogP contribution is 2.27. The zero-order valence-electron chi connectivity index (χ0n) is 11.8. The zero-order chi connectivity index (χ0) is 14.7. The number of amides is 2. The Bertz CT molecular complexity index is 616. The van der Waals surface area contributed by atoms with Gasteiger partial charge in [0.05, 0.1) is 23.8 Å². The molecule has 1 atom stereocenters. The van der Waals surface area contributed by atoms with Crippen LogP contribution in [0.4, 0.5) is 4.79 Å². The number of benzene rings is 1. The Morgan fingerprint density at radius 1 is 1.43 bits per heavy atom. The molecule has 2 aromatic rings. The molecule has 21 heavy (non-hydrogen) atoms. The fourth-order valence-electron chi connectivity index (χ4n) is 2.30. The summed E-state index contributed by atoms with van der Waals surface area (Å²) in [4.78, 5) is 16.0. The maximum atomic E-state index is 11.8. The first-order valence-electron chi connectivity index (χ1n) is 6.88. The number of hydrogen-bond acceptors (Lipinski definition) is 4. The third kappa shape index (κ3) is 3.52. The standard InChI is InChI=1S/C15H17N3O2S/c1-10-18-12(9-21-10)7-16-15(19)17-8-13-6-11-4-2-3-5-14(11)20-13/h2-5,9,13H,6-8H2,1H3,(H2,16,17,19)/t13-/m0/s1. The lowest BCUT2D eigenvalue weighted by molar-refractivity contribution is 0.213. The number of hydrogen-bond donors (Lipinski definition) is 2. The predicted octanol–water partition coefficient (Wildman–Crippen LogP) is 2.25. The number of ether oxygens (including phenoxy) is 1. The summed E-state index contributed by atoms with van der Waals surface area (Å²) < 4.78 is 5.77. The molecule has 1 aromatic carbocycles. The van der Waals surface area contributed by atoms with E-state index >= 15 is 0 Å². The Morgan fingerprint density at radius 3 is 3.05 bits per heavy atom. The van der Waals surface area contributed by atoms with Gasteiger partial charge in [-0.2, -0.15) is 0 Å². The number of carbonyl (C=O) groups is 1. The van der Waals surface area contributed by atoms with Crippen LogP contribution in [0.15, 0.2) is 29.6 Å². The Morgan fingerprint density at radius 2 is 2.29 bits per heavy atom. The summed E-state index contributed by atoms with van der Waals surface area (Å²) >= 11 is 1.58. The third-order valence-electron chi connectivity index (χ3n) is 3.30. The number of carbonyl (C=O) groups excluding carboxylic acids is 1. The predicted molar refractivity (Wildman–Crippen MR) is 81.7 cm³/mol. The number of para-hydroxylation sites is 1. The quantitative estimate of drug-likeness (QED) is 0.910. The van der Waals surface area contributed by atoms with E-state index in [0.29, 0.717) is 13.1 Å². The van der Waals surface area contributed by atoms with Gasteiger partial charge in [0.2, 0.25) is 0 Å². The van der Waals surface area contributed by atoms with E-state index < -0.39 is 0 Å². The fraction of sp³-hybridized carbons (Fsp3) is 0.333. The summed E-state index contributed by atoms with van der Waals surface area (Å²) in [5.41, 5.74) is 2.08. The first-order chi connectivity index (χ1) is 10.2. The molecule has 0 unspecified atom stereocenters. The molecular formula is C15H17N3O2S. The van der Waals surface area contributed by atoms with Gasteiger partial charge in [-0.05, 0) is 18.6 Å². The Labute approximate surface area is 127 Å². The fourth-order valence-corrected chi connectivity index (χ4v) is 2.91. The minimum Gasteiger partial charge on any atom is -0.488 e. The molecule has 0 fully saturated rings. The number of nitrogens with zero attached hydrogens (tertiary/aromatic N) is 1. The van der Waals surface area contributed by atoms with Crippen LogP contribution in [0.25, 0.3) is 0 Å². The van der Waals surface area contributed by atoms with E-state index in [1.165, 1.54) is 5.56 Å². The first kappa shape index (κ1) is 13.9. The monoisotopic (exact) mass is 303 g/mol. The van der Waals surface area contributed by atoms with Crippen molar-refractivity contribution in [2.24, 2.45) is 0 Å². The second kappa shape index (κ2) is 6.13. The third-order valence-corrected chi connectivity index (χ3v) is 4.12. The van der Waals surface area contributed by atoms with E-state index in [1.54, 1.807) is 11.3 Å². The highest BCUT2D eigenvalue weighted by atomic mass is 32.1. The minimum absolute atomic E-state index is 0.00895. The number of fused-ring (bicyclic) bond motifs is 1. The average Bonchev–Trinajstić information content (AvgIpc) is 3.08. The highest BCUT2D eigenvalue weighted by molar-refractivity contribution is 7.09. The molecule has 0 spiro atoms. The lowest BCUT2D eigenvalue weighted by Crippen LogP contribution is -2.40. The van der Waals surface area contributed by atoms with Crippen LogP contribution in [0.1, 0.15) is 16.3 Å². The second-order valence-electron chi connectivity index (χ2n) is 4.97. The largest absolute Gasteiger partial charge is 0.488 e. The van der Waals surface area contributed by atoms with Crippen molar-refractivity contribution in [1.29, 1.82) is 0 Å². The molecule has 1 aliphatic heterocycles. The second-order valence-corrected chi connectivity index (χ2v) is 6.04. The maximum Gasteiger partial charge on any atom is 0.315 e. The van der Waals surface area contributed by atoms with Crippen molar-refractivity contribution >= 4 is 17.4 Å². The number of rotatable bonds is 4. The van der Waals surface area contributed by atoms with Crippen LogP contribution in [0.5, 0.6) is 5.75 Å². The van der Waals surface area contributed by atoms with Gasteiger partial charge in [-0.15, -0.1) is 11.3 Å². The van der Waals surface area contributed by atoms with E-state index in [1.807, 2.05) is 30.5 Å². The van der Waals surface area contributed by atoms with E-state index in [2.05, 4.69) is 21.7 Å². The molecule has 0 aliphatic carbocycles. The Hall–Kier alpha value is -2.08. The summed E-state index contributed by atoms with van der Waals surface area (Å²) in [5.74, 6) is 0.919. The average molecular weight is 303 g/mol. The number of thiazole rings is 1. The van der Waals surface area contributed by atoms with Gasteiger partial charge in [-0.25, -0.2) is 9.78 Å². The maximum absolute atomic E-state index is 11.8. The molecule has 0 saturated heterocycles. The van der Waals surface area contributed by atoms with Crippen molar-refractivity contribution < 1.29 is 9.53 Å². The van der Waals surface area contributed by atoms with Crippen LogP contribution in [-0.2, 0) is 13.0 Å². The van der Waals surface area contributed by atoms with E-state index in [-0.39, 0.29) is 12.1 Å². The van der Waals surface area contributed by atoms with Crippen molar-refractivity contribution in [1.82, 2.24) is 15.6 Å². The van der Waals surface area contributed by atoms with Crippen LogP contribution in [-0.4, -0.2) is 23.7 Å². The molecule has 1 aromatic heterocycles. The van der Waals surface area contributed by atoms with Gasteiger partial charge in [0.1, 0.15) is 11.9 Å². The molecule has 110 valence electrons. The SMILES string of the molecule is Cc1nc(CNC(=O)NC[C@@H]2Cc3ccccc3O2)cs1. The van der Waals surface area contributed by atoms with Crippen molar-refractivity contribution in [3.8, 4) is 5.75 Å². The highest BCUT2D eigenvalue weighted by Gasteiger charge is 2.22. The van der Waals surface area contributed by atoms with Gasteiger partial charge in [0.25, 0.3) is 0 Å². The molecule has 0 saturated carbocycles. The number of nitrogens with one attached hydrogen (secondary N) is 2. The lowest BCUT2D eigenvalue weighted by Gasteiger charge is -2.12. The number of aromatic nitrogens is 1. The summed E-state index contributed by atoms with van der Waals surface area (Å²) in [7, 11) is 0. The summed E-state index contributed by atoms with van der Waals surface area (Å²) in [6.45, 7) is 2.89. The van der Waals surface area contributed by atoms with Crippen LogP contribution in [0.2, 0.25) is 0 Å². The van der Waals surface area contributed by atoms with Gasteiger partial charge in [-0.1, -0.05) is 18.2 Å². The van der Waals surface area contributed by atoms with Gasteiger partial charge < -0.3 is 15.4 Å². The van der Waals surface area contributed by atoms with Crippen LogP contribution < -0.4 is 15.4 Å². The molecule has 1 aliphatic rings. The molecule has 6 heteroatoms. The summed E-state index contributed by atoms with van der Waals surface area (Å²) in [6.07, 6.45) is 0.844. The first-order valence-corrected chi connectivity index (χ1v) is 7.76. The number of aryl methyl sites for hydroxylation is 1. The summed E-state index contributed by atoms with van der Waals surface area (Å²) in [5, 5.41) is 8.59. The van der Waals surface area contributed by atoms with E-state index in [0.717, 1.165) is 22.9 Å². The van der Waals surface area contributed by atoms with Gasteiger partial charge >= 0.3 is 6.03 Å². The number of urea groups is 1. The molecule has 2 heterocycles. The van der Waals surface area contributed by atoms with E-state index in [9.17, 15) is 4.79 Å². The minimum atomic E-state index is -0.194. The summed E-state index contributed by atoms with van der Waals surface area (Å²) in [6, 6.07) is 7.78. The molecule has 2 N–H and O–H groups in total. The molecule has 0 radical (unpaired) electrons. The molecule has 3 rings (SSSR count).